The lowest BCUT2D eigenvalue weighted by atomic mass is 9.99. The van der Waals surface area contributed by atoms with E-state index in [1.165, 1.54) is 0 Å². The number of phenolic OH excluding ortho intramolecular Hbond substituents is 2. The van der Waals surface area contributed by atoms with Gasteiger partial charge >= 0.3 is 0 Å². The first kappa shape index (κ1) is 17.1. The van der Waals surface area contributed by atoms with Gasteiger partial charge in [-0.25, -0.2) is 0 Å². The zero-order valence-corrected chi connectivity index (χ0v) is 14.6. The normalized spacial score (nSPS) is 12.8. The number of nitrogens with one attached hydrogen (secondary N) is 1. The molecule has 0 aliphatic rings. The summed E-state index contributed by atoms with van der Waals surface area (Å²) >= 11 is 0. The lowest BCUT2D eigenvalue weighted by molar-refractivity contribution is 0.306. The summed E-state index contributed by atoms with van der Waals surface area (Å²) in [6, 6.07) is 4.01. The maximum atomic E-state index is 10.5. The van der Waals surface area contributed by atoms with Gasteiger partial charge in [-0.05, 0) is 42.2 Å². The molecule has 3 rings (SSSR count). The van der Waals surface area contributed by atoms with Crippen molar-refractivity contribution in [1.82, 2.24) is 4.98 Å². The maximum Gasteiger partial charge on any atom is 0.182 e. The van der Waals surface area contributed by atoms with Crippen molar-refractivity contribution in [3.05, 3.63) is 39.8 Å². The third kappa shape index (κ3) is 2.68. The molecule has 0 bridgehead atoms. The Kier molecular flexibility index (Phi) is 4.55. The molecule has 0 atom stereocenters. The molecule has 130 valence electrons. The standard InChI is InChI=1S/C21H23NO3/c1-4-5-7-14-12(2)9-10-16-18(14)17-13(3)15(8-6-11-23)20(24)21(25)19(17)22-16/h5,7-10,22-25H,3-4,6,11H2,1-2H3. The van der Waals surface area contributed by atoms with Gasteiger partial charge in [0.15, 0.2) is 11.5 Å². The number of aromatic amines is 1. The van der Waals surface area contributed by atoms with Crippen LogP contribution in [0.25, 0.3) is 40.5 Å². The fourth-order valence-electron chi connectivity index (χ4n) is 3.30. The highest BCUT2D eigenvalue weighted by Gasteiger charge is 2.17. The van der Waals surface area contributed by atoms with Crippen LogP contribution in [0.2, 0.25) is 0 Å². The number of phenols is 2. The Morgan fingerprint density at radius 2 is 1.92 bits per heavy atom. The van der Waals surface area contributed by atoms with Crippen LogP contribution < -0.4 is 10.4 Å². The number of hydrogen-bond donors (Lipinski definition) is 4. The molecule has 4 N–H and O–H groups in total. The summed E-state index contributed by atoms with van der Waals surface area (Å²) in [4.78, 5) is 3.21. The van der Waals surface area contributed by atoms with Crippen molar-refractivity contribution >= 4 is 40.5 Å². The van der Waals surface area contributed by atoms with Crippen molar-refractivity contribution in [3.63, 3.8) is 0 Å². The molecule has 0 amide bonds. The van der Waals surface area contributed by atoms with E-state index in [1.807, 2.05) is 12.1 Å². The molecule has 2 aromatic carbocycles. The van der Waals surface area contributed by atoms with Gasteiger partial charge in [0.1, 0.15) is 0 Å². The van der Waals surface area contributed by atoms with Crippen LogP contribution in [0, 0.1) is 6.92 Å². The van der Waals surface area contributed by atoms with E-state index in [9.17, 15) is 10.2 Å². The number of aliphatic hydroxyl groups excluding tert-OH is 1. The summed E-state index contributed by atoms with van der Waals surface area (Å²) < 4.78 is 0. The molecule has 0 aliphatic heterocycles. The lowest BCUT2D eigenvalue weighted by Crippen LogP contribution is -2.24. The van der Waals surface area contributed by atoms with Crippen molar-refractivity contribution in [2.45, 2.75) is 26.7 Å². The van der Waals surface area contributed by atoms with Crippen molar-refractivity contribution in [2.24, 2.45) is 0 Å². The molecule has 0 unspecified atom stereocenters. The zero-order valence-electron chi connectivity index (χ0n) is 14.6. The highest BCUT2D eigenvalue weighted by atomic mass is 16.3. The Hall–Kier alpha value is -2.72. The molecular weight excluding hydrogens is 314 g/mol. The fourth-order valence-corrected chi connectivity index (χ4v) is 3.30. The number of benzene rings is 2. The van der Waals surface area contributed by atoms with Crippen LogP contribution in [0.3, 0.4) is 0 Å². The van der Waals surface area contributed by atoms with E-state index in [2.05, 4.69) is 37.6 Å². The molecule has 25 heavy (non-hydrogen) atoms. The van der Waals surface area contributed by atoms with Crippen molar-refractivity contribution in [2.75, 3.05) is 6.61 Å². The third-order valence-electron chi connectivity index (χ3n) is 4.56. The molecule has 0 saturated heterocycles. The maximum absolute atomic E-state index is 10.5. The average molecular weight is 337 g/mol. The first-order valence-electron chi connectivity index (χ1n) is 8.46. The van der Waals surface area contributed by atoms with Crippen LogP contribution in [0.5, 0.6) is 11.5 Å². The molecule has 0 fully saturated rings. The van der Waals surface area contributed by atoms with Crippen LogP contribution >= 0.6 is 0 Å². The SMILES string of the molecule is C=c1c(=CCCO)c(O)c(O)c2[nH]c3ccc(C)c(C=CCC)c3c12. The number of fused-ring (bicyclic) bond motifs is 3. The highest BCUT2D eigenvalue weighted by Crippen LogP contribution is 2.35. The van der Waals surface area contributed by atoms with E-state index in [-0.39, 0.29) is 18.1 Å². The van der Waals surface area contributed by atoms with Crippen LogP contribution in [-0.2, 0) is 0 Å². The number of aromatic nitrogens is 1. The van der Waals surface area contributed by atoms with Crippen LogP contribution in [0.15, 0.2) is 18.2 Å². The molecule has 4 heteroatoms. The van der Waals surface area contributed by atoms with Crippen LogP contribution in [0.1, 0.15) is 30.9 Å². The zero-order chi connectivity index (χ0) is 18.1. The first-order valence-corrected chi connectivity index (χ1v) is 8.46. The predicted molar refractivity (Wildman–Crippen MR) is 104 cm³/mol. The molecule has 0 aliphatic carbocycles. The van der Waals surface area contributed by atoms with Crippen LogP contribution in [0.4, 0.5) is 0 Å². The average Bonchev–Trinajstić information content (AvgIpc) is 2.99. The Morgan fingerprint density at radius 3 is 2.60 bits per heavy atom. The first-order chi connectivity index (χ1) is 12.0. The third-order valence-corrected chi connectivity index (χ3v) is 4.56. The number of hydrogen-bond acceptors (Lipinski definition) is 3. The summed E-state index contributed by atoms with van der Waals surface area (Å²) in [5, 5.41) is 32.8. The van der Waals surface area contributed by atoms with E-state index < -0.39 is 0 Å². The number of allylic oxidation sites excluding steroid dienone is 1. The van der Waals surface area contributed by atoms with Gasteiger partial charge in [-0.3, -0.25) is 0 Å². The van der Waals surface area contributed by atoms with Gasteiger partial charge in [0.05, 0.1) is 5.52 Å². The molecule has 0 radical (unpaired) electrons. The minimum atomic E-state index is -0.208. The smallest absolute Gasteiger partial charge is 0.182 e. The van der Waals surface area contributed by atoms with E-state index in [4.69, 9.17) is 5.11 Å². The molecular formula is C21H23NO3. The molecule has 1 aromatic heterocycles. The monoisotopic (exact) mass is 337 g/mol. The summed E-state index contributed by atoms with van der Waals surface area (Å²) in [5.41, 5.74) is 3.57. The van der Waals surface area contributed by atoms with Crippen molar-refractivity contribution in [3.8, 4) is 11.5 Å². The van der Waals surface area contributed by atoms with Gasteiger partial charge in [-0.1, -0.05) is 37.8 Å². The number of aromatic hydroxyl groups is 2. The Bertz CT molecular complexity index is 1090. The minimum absolute atomic E-state index is 0.0326. The minimum Gasteiger partial charge on any atom is -0.504 e. The van der Waals surface area contributed by atoms with Gasteiger partial charge in [-0.2, -0.15) is 0 Å². The van der Waals surface area contributed by atoms with Gasteiger partial charge in [-0.15, -0.1) is 0 Å². The molecule has 1 heterocycles. The second-order valence-corrected chi connectivity index (χ2v) is 6.21. The molecule has 4 nitrogen and oxygen atoms in total. The van der Waals surface area contributed by atoms with E-state index in [0.29, 0.717) is 22.4 Å². The quantitative estimate of drug-likeness (QED) is 0.553. The van der Waals surface area contributed by atoms with Crippen molar-refractivity contribution in [1.29, 1.82) is 0 Å². The molecule has 3 aromatic rings. The summed E-state index contributed by atoms with van der Waals surface area (Å²) in [6.07, 6.45) is 7.20. The highest BCUT2D eigenvalue weighted by molar-refractivity contribution is 6.13. The van der Waals surface area contributed by atoms with Gasteiger partial charge < -0.3 is 20.3 Å². The number of rotatable bonds is 4. The van der Waals surface area contributed by atoms with Crippen LogP contribution in [-0.4, -0.2) is 26.9 Å². The van der Waals surface area contributed by atoms with E-state index >= 15 is 0 Å². The van der Waals surface area contributed by atoms with E-state index in [0.717, 1.165) is 33.8 Å². The second-order valence-electron chi connectivity index (χ2n) is 6.21. The number of H-pyrrole nitrogens is 1. The van der Waals surface area contributed by atoms with Crippen molar-refractivity contribution < 1.29 is 15.3 Å². The Labute approximate surface area is 146 Å². The van der Waals surface area contributed by atoms with Gasteiger partial charge in [0.2, 0.25) is 0 Å². The van der Waals surface area contributed by atoms with E-state index in [1.54, 1.807) is 6.08 Å². The Morgan fingerprint density at radius 1 is 1.16 bits per heavy atom. The number of aliphatic hydroxyl groups is 1. The molecule has 0 spiro atoms. The largest absolute Gasteiger partial charge is 0.504 e. The predicted octanol–water partition coefficient (Wildman–Crippen LogP) is 3.04. The van der Waals surface area contributed by atoms with Gasteiger partial charge in [0, 0.05) is 28.1 Å². The Balaban J connectivity index is 2.56. The summed E-state index contributed by atoms with van der Waals surface area (Å²) in [6.45, 7) is 8.25. The fraction of sp³-hybridized carbons (Fsp3) is 0.238. The lowest BCUT2D eigenvalue weighted by Gasteiger charge is -2.06. The summed E-state index contributed by atoms with van der Waals surface area (Å²) in [5.74, 6) is -0.397. The number of aryl methyl sites for hydroxylation is 1. The topological polar surface area (TPSA) is 76.5 Å². The van der Waals surface area contributed by atoms with Gasteiger partial charge in [0.25, 0.3) is 0 Å². The summed E-state index contributed by atoms with van der Waals surface area (Å²) in [7, 11) is 0. The second kappa shape index (κ2) is 6.65. The molecule has 0 saturated carbocycles.